The molecule has 0 radical (unpaired) electrons. The maximum atomic E-state index is 11.6. The Morgan fingerprint density at radius 2 is 2.00 bits per heavy atom. The first-order valence-corrected chi connectivity index (χ1v) is 5.69. The number of hydrogen-bond acceptors (Lipinski definition) is 3. The maximum absolute atomic E-state index is 11.6. The van der Waals surface area contributed by atoms with Crippen LogP contribution in [-0.4, -0.2) is 18.0 Å². The number of para-hydroxylation sites is 1. The van der Waals surface area contributed by atoms with E-state index in [0.29, 0.717) is 5.69 Å². The molecule has 94 valence electrons. The summed E-state index contributed by atoms with van der Waals surface area (Å²) in [4.78, 5) is 11.6. The van der Waals surface area contributed by atoms with Crippen molar-refractivity contribution in [2.45, 2.75) is 33.2 Å². The molecular formula is C13H21N3O. The lowest BCUT2D eigenvalue weighted by atomic mass is 10.1. The molecular weight excluding hydrogens is 214 g/mol. The smallest absolute Gasteiger partial charge is 0.239 e. The zero-order valence-electron chi connectivity index (χ0n) is 10.9. The lowest BCUT2D eigenvalue weighted by Gasteiger charge is -2.21. The van der Waals surface area contributed by atoms with Crippen molar-refractivity contribution in [3.8, 4) is 0 Å². The Morgan fingerprint density at radius 1 is 1.35 bits per heavy atom. The van der Waals surface area contributed by atoms with Gasteiger partial charge in [0.1, 0.15) is 0 Å². The van der Waals surface area contributed by atoms with Crippen molar-refractivity contribution in [1.29, 1.82) is 0 Å². The van der Waals surface area contributed by atoms with Crippen LogP contribution in [-0.2, 0) is 4.79 Å². The van der Waals surface area contributed by atoms with Crippen molar-refractivity contribution in [2.75, 3.05) is 17.6 Å². The van der Waals surface area contributed by atoms with Crippen LogP contribution < -0.4 is 16.4 Å². The van der Waals surface area contributed by atoms with Gasteiger partial charge in [-0.15, -0.1) is 0 Å². The van der Waals surface area contributed by atoms with Gasteiger partial charge in [0.05, 0.1) is 17.9 Å². The minimum Gasteiger partial charge on any atom is -0.397 e. The maximum Gasteiger partial charge on any atom is 0.239 e. The summed E-state index contributed by atoms with van der Waals surface area (Å²) in [7, 11) is 0. The van der Waals surface area contributed by atoms with E-state index in [-0.39, 0.29) is 18.0 Å². The Balaban J connectivity index is 2.56. The molecule has 0 unspecified atom stereocenters. The molecule has 0 spiro atoms. The third-order valence-electron chi connectivity index (χ3n) is 2.28. The predicted octanol–water partition coefficient (Wildman–Crippen LogP) is 1.90. The Kier molecular flexibility index (Phi) is 3.99. The van der Waals surface area contributed by atoms with Gasteiger partial charge in [-0.3, -0.25) is 4.79 Å². The molecule has 0 saturated heterocycles. The first-order chi connectivity index (χ1) is 7.79. The van der Waals surface area contributed by atoms with Gasteiger partial charge < -0.3 is 16.4 Å². The summed E-state index contributed by atoms with van der Waals surface area (Å²) < 4.78 is 0. The molecule has 0 heterocycles. The third-order valence-corrected chi connectivity index (χ3v) is 2.28. The third kappa shape index (κ3) is 4.34. The van der Waals surface area contributed by atoms with Crippen LogP contribution in [0.25, 0.3) is 0 Å². The van der Waals surface area contributed by atoms with E-state index < -0.39 is 0 Å². The quantitative estimate of drug-likeness (QED) is 0.701. The van der Waals surface area contributed by atoms with Crippen LogP contribution in [0, 0.1) is 6.92 Å². The number of nitrogens with two attached hydrogens (primary N) is 1. The van der Waals surface area contributed by atoms with Crippen molar-refractivity contribution >= 4 is 17.3 Å². The van der Waals surface area contributed by atoms with E-state index in [4.69, 9.17) is 5.73 Å². The molecule has 4 nitrogen and oxygen atoms in total. The Labute approximate surface area is 103 Å². The van der Waals surface area contributed by atoms with Gasteiger partial charge in [0, 0.05) is 5.54 Å². The normalized spacial score (nSPS) is 11.1. The topological polar surface area (TPSA) is 67.2 Å². The zero-order chi connectivity index (χ0) is 13.1. The number of carbonyl (C=O) groups is 1. The first-order valence-electron chi connectivity index (χ1n) is 5.69. The van der Waals surface area contributed by atoms with Crippen molar-refractivity contribution in [2.24, 2.45) is 0 Å². The molecule has 0 atom stereocenters. The monoisotopic (exact) mass is 235 g/mol. The number of anilines is 2. The summed E-state index contributed by atoms with van der Waals surface area (Å²) in [6.45, 7) is 8.02. The summed E-state index contributed by atoms with van der Waals surface area (Å²) in [6, 6.07) is 5.72. The molecule has 1 rings (SSSR count). The summed E-state index contributed by atoms with van der Waals surface area (Å²) in [6.07, 6.45) is 0. The minimum absolute atomic E-state index is 0.0431. The van der Waals surface area contributed by atoms with Gasteiger partial charge in [-0.2, -0.15) is 0 Å². The van der Waals surface area contributed by atoms with Gasteiger partial charge in [-0.1, -0.05) is 12.1 Å². The van der Waals surface area contributed by atoms with Crippen LogP contribution >= 0.6 is 0 Å². The molecule has 1 aromatic carbocycles. The van der Waals surface area contributed by atoms with E-state index in [1.54, 1.807) is 0 Å². The van der Waals surface area contributed by atoms with E-state index in [1.165, 1.54) is 0 Å². The Hall–Kier alpha value is -1.71. The number of nitrogens with one attached hydrogen (secondary N) is 2. The van der Waals surface area contributed by atoms with Crippen molar-refractivity contribution in [3.63, 3.8) is 0 Å². The number of amides is 1. The molecule has 4 N–H and O–H groups in total. The molecule has 0 aliphatic heterocycles. The summed E-state index contributed by atoms with van der Waals surface area (Å²) in [5, 5.41) is 5.92. The lowest BCUT2D eigenvalue weighted by molar-refractivity contribution is -0.120. The standard InChI is InChI=1S/C13H21N3O/c1-9-6-5-7-10(12(9)14)15-8-11(17)16-13(2,3)4/h5-7,15H,8,14H2,1-4H3,(H,16,17). The molecule has 1 aromatic rings. The predicted molar refractivity (Wildman–Crippen MR) is 72.0 cm³/mol. The first kappa shape index (κ1) is 13.4. The lowest BCUT2D eigenvalue weighted by Crippen LogP contribution is -2.43. The highest BCUT2D eigenvalue weighted by Crippen LogP contribution is 2.21. The van der Waals surface area contributed by atoms with Crippen molar-refractivity contribution in [3.05, 3.63) is 23.8 Å². The second kappa shape index (κ2) is 5.08. The van der Waals surface area contributed by atoms with Crippen molar-refractivity contribution < 1.29 is 4.79 Å². The van der Waals surface area contributed by atoms with Crippen LogP contribution in [0.5, 0.6) is 0 Å². The van der Waals surface area contributed by atoms with E-state index in [1.807, 2.05) is 45.9 Å². The van der Waals surface area contributed by atoms with Gasteiger partial charge in [0.2, 0.25) is 5.91 Å². The van der Waals surface area contributed by atoms with Crippen LogP contribution in [0.2, 0.25) is 0 Å². The second-order valence-electron chi connectivity index (χ2n) is 5.19. The van der Waals surface area contributed by atoms with Gasteiger partial charge in [-0.25, -0.2) is 0 Å². The highest BCUT2D eigenvalue weighted by atomic mass is 16.2. The molecule has 0 aliphatic rings. The Morgan fingerprint density at radius 3 is 2.59 bits per heavy atom. The van der Waals surface area contributed by atoms with Gasteiger partial charge >= 0.3 is 0 Å². The SMILES string of the molecule is Cc1cccc(NCC(=O)NC(C)(C)C)c1N. The molecule has 17 heavy (non-hydrogen) atoms. The minimum atomic E-state index is -0.211. The van der Waals surface area contributed by atoms with E-state index in [0.717, 1.165) is 11.3 Å². The molecule has 4 heteroatoms. The van der Waals surface area contributed by atoms with Gasteiger partial charge in [0.15, 0.2) is 0 Å². The Bertz CT molecular complexity index is 408. The number of rotatable bonds is 3. The van der Waals surface area contributed by atoms with Crippen LogP contribution in [0.1, 0.15) is 26.3 Å². The summed E-state index contributed by atoms with van der Waals surface area (Å²) in [5.74, 6) is -0.0431. The van der Waals surface area contributed by atoms with E-state index >= 15 is 0 Å². The highest BCUT2D eigenvalue weighted by molar-refractivity contribution is 5.83. The number of carbonyl (C=O) groups excluding carboxylic acids is 1. The van der Waals surface area contributed by atoms with E-state index in [9.17, 15) is 4.79 Å². The average Bonchev–Trinajstić information content (AvgIpc) is 2.18. The number of benzene rings is 1. The van der Waals surface area contributed by atoms with Crippen LogP contribution in [0.3, 0.4) is 0 Å². The second-order valence-corrected chi connectivity index (χ2v) is 5.19. The fraction of sp³-hybridized carbons (Fsp3) is 0.462. The largest absolute Gasteiger partial charge is 0.397 e. The molecule has 1 amide bonds. The fourth-order valence-electron chi connectivity index (χ4n) is 1.47. The molecule has 0 aromatic heterocycles. The van der Waals surface area contributed by atoms with Crippen LogP contribution in [0.4, 0.5) is 11.4 Å². The van der Waals surface area contributed by atoms with Gasteiger partial charge in [-0.05, 0) is 39.3 Å². The molecule has 0 fully saturated rings. The van der Waals surface area contributed by atoms with Gasteiger partial charge in [0.25, 0.3) is 0 Å². The number of aryl methyl sites for hydroxylation is 1. The summed E-state index contributed by atoms with van der Waals surface area (Å²) in [5.41, 5.74) is 8.19. The molecule has 0 saturated carbocycles. The number of nitrogen functional groups attached to an aromatic ring is 1. The van der Waals surface area contributed by atoms with Crippen LogP contribution in [0.15, 0.2) is 18.2 Å². The number of hydrogen-bond donors (Lipinski definition) is 3. The summed E-state index contributed by atoms with van der Waals surface area (Å²) >= 11 is 0. The van der Waals surface area contributed by atoms with E-state index in [2.05, 4.69) is 10.6 Å². The zero-order valence-corrected chi connectivity index (χ0v) is 10.9. The van der Waals surface area contributed by atoms with Crippen molar-refractivity contribution in [1.82, 2.24) is 5.32 Å². The highest BCUT2D eigenvalue weighted by Gasteiger charge is 2.13. The molecule has 0 aliphatic carbocycles. The average molecular weight is 235 g/mol. The molecule has 0 bridgehead atoms. The fourth-order valence-corrected chi connectivity index (χ4v) is 1.47.